The lowest BCUT2D eigenvalue weighted by Gasteiger charge is -2.03. The van der Waals surface area contributed by atoms with Crippen molar-refractivity contribution in [3.05, 3.63) is 11.1 Å². The third-order valence-corrected chi connectivity index (χ3v) is 6.22. The van der Waals surface area contributed by atoms with Crippen molar-refractivity contribution in [3.63, 3.8) is 0 Å². The minimum absolute atomic E-state index is 0.0689. The Hall–Kier alpha value is -0.790. The fraction of sp³-hybridized carbons (Fsp3) is 0.885. The molecule has 0 bridgehead atoms. The molecule has 2 nitrogen and oxygen atoms in total. The van der Waals surface area contributed by atoms with E-state index in [1.54, 1.807) is 11.1 Å². The first kappa shape index (κ1) is 25.2. The van der Waals surface area contributed by atoms with Gasteiger partial charge in [0.25, 0.3) is 0 Å². The molecule has 0 aromatic rings. The van der Waals surface area contributed by atoms with Crippen LogP contribution in [0.2, 0.25) is 0 Å². The number of allylic oxidation sites excluding steroid dienone is 2. The Balaban J connectivity index is 1.73. The molecule has 0 heterocycles. The highest BCUT2D eigenvalue weighted by Crippen LogP contribution is 2.38. The van der Waals surface area contributed by atoms with Gasteiger partial charge in [0.15, 0.2) is 0 Å². The number of ether oxygens (including phenoxy) is 1. The molecule has 2 heteroatoms. The molecule has 0 aliphatic heterocycles. The molecule has 1 aliphatic rings. The lowest BCUT2D eigenvalue weighted by atomic mass is 10.0. The summed E-state index contributed by atoms with van der Waals surface area (Å²) in [5.74, 6) is -0.0689. The van der Waals surface area contributed by atoms with E-state index in [1.807, 2.05) is 0 Å². The number of hydrogen-bond acceptors (Lipinski definition) is 2. The van der Waals surface area contributed by atoms with Gasteiger partial charge in [0.1, 0.15) is 0 Å². The Bertz CT molecular complexity index is 411. The van der Waals surface area contributed by atoms with Gasteiger partial charge in [0.05, 0.1) is 7.11 Å². The first-order chi connectivity index (χ1) is 13.8. The molecule has 0 radical (unpaired) electrons. The summed E-state index contributed by atoms with van der Waals surface area (Å²) in [5.41, 5.74) is 3.32. The molecule has 0 atom stereocenters. The second-order valence-electron chi connectivity index (χ2n) is 8.87. The van der Waals surface area contributed by atoms with Crippen molar-refractivity contribution >= 4 is 5.97 Å². The van der Waals surface area contributed by atoms with Gasteiger partial charge in [0.2, 0.25) is 0 Å². The molecule has 0 saturated heterocycles. The van der Waals surface area contributed by atoms with Crippen LogP contribution in [0.5, 0.6) is 0 Å². The summed E-state index contributed by atoms with van der Waals surface area (Å²) in [6.07, 6.45) is 28.2. The van der Waals surface area contributed by atoms with Gasteiger partial charge in [0, 0.05) is 6.42 Å². The maximum atomic E-state index is 11.1. The van der Waals surface area contributed by atoms with Gasteiger partial charge in [-0.15, -0.1) is 0 Å². The van der Waals surface area contributed by atoms with Crippen LogP contribution in [0.3, 0.4) is 0 Å². The zero-order chi connectivity index (χ0) is 20.3. The zero-order valence-corrected chi connectivity index (χ0v) is 19.2. The standard InChI is InChI=1S/C26H48O2/c1-3-4-5-6-7-8-9-10-11-12-13-14-15-16-17-18-20-24-23-25(24)21-19-22-26(27)28-2/h3-23H2,1-2H3. The molecule has 0 saturated carbocycles. The predicted molar refractivity (Wildman–Crippen MR) is 122 cm³/mol. The fourth-order valence-corrected chi connectivity index (χ4v) is 4.18. The number of carbonyl (C=O) groups is 1. The first-order valence-electron chi connectivity index (χ1n) is 12.5. The van der Waals surface area contributed by atoms with Crippen LogP contribution in [0.25, 0.3) is 0 Å². The number of hydrogen-bond donors (Lipinski definition) is 0. The van der Waals surface area contributed by atoms with Crippen molar-refractivity contribution in [2.45, 2.75) is 142 Å². The van der Waals surface area contributed by atoms with Gasteiger partial charge in [-0.1, -0.05) is 114 Å². The van der Waals surface area contributed by atoms with Gasteiger partial charge in [-0.2, -0.15) is 0 Å². The zero-order valence-electron chi connectivity index (χ0n) is 19.2. The van der Waals surface area contributed by atoms with Crippen LogP contribution in [0.1, 0.15) is 142 Å². The van der Waals surface area contributed by atoms with Crippen LogP contribution in [-0.2, 0) is 9.53 Å². The predicted octanol–water partition coefficient (Wildman–Crippen LogP) is 8.68. The number of carbonyl (C=O) groups excluding carboxylic acids is 1. The molecule has 0 aromatic carbocycles. The molecule has 164 valence electrons. The molecule has 0 fully saturated rings. The summed E-state index contributed by atoms with van der Waals surface area (Å²) < 4.78 is 4.69. The van der Waals surface area contributed by atoms with Gasteiger partial charge >= 0.3 is 5.97 Å². The van der Waals surface area contributed by atoms with E-state index in [9.17, 15) is 4.79 Å². The molecular formula is C26H48O2. The Morgan fingerprint density at radius 3 is 1.46 bits per heavy atom. The van der Waals surface area contributed by atoms with E-state index in [0.29, 0.717) is 6.42 Å². The van der Waals surface area contributed by atoms with E-state index in [1.165, 1.54) is 123 Å². The van der Waals surface area contributed by atoms with Crippen molar-refractivity contribution < 1.29 is 9.53 Å². The monoisotopic (exact) mass is 392 g/mol. The van der Waals surface area contributed by atoms with Crippen LogP contribution in [0.15, 0.2) is 11.1 Å². The van der Waals surface area contributed by atoms with Crippen LogP contribution >= 0.6 is 0 Å². The Morgan fingerprint density at radius 2 is 1.04 bits per heavy atom. The fourth-order valence-electron chi connectivity index (χ4n) is 4.18. The topological polar surface area (TPSA) is 26.3 Å². The van der Waals surface area contributed by atoms with E-state index in [4.69, 9.17) is 0 Å². The van der Waals surface area contributed by atoms with Crippen molar-refractivity contribution in [2.24, 2.45) is 0 Å². The van der Waals surface area contributed by atoms with Crippen molar-refractivity contribution in [2.75, 3.05) is 7.11 Å². The van der Waals surface area contributed by atoms with Crippen LogP contribution in [0.4, 0.5) is 0 Å². The van der Waals surface area contributed by atoms with Crippen LogP contribution < -0.4 is 0 Å². The Kier molecular flexibility index (Phi) is 16.5. The summed E-state index contributed by atoms with van der Waals surface area (Å²) in [7, 11) is 1.47. The van der Waals surface area contributed by atoms with Crippen molar-refractivity contribution in [1.82, 2.24) is 0 Å². The minimum atomic E-state index is -0.0689. The summed E-state index contributed by atoms with van der Waals surface area (Å²) >= 11 is 0. The summed E-state index contributed by atoms with van der Waals surface area (Å²) in [4.78, 5) is 11.1. The number of unbranched alkanes of at least 4 members (excludes halogenated alkanes) is 15. The average Bonchev–Trinajstić information content (AvgIpc) is 3.45. The Morgan fingerprint density at radius 1 is 0.643 bits per heavy atom. The third-order valence-electron chi connectivity index (χ3n) is 6.22. The largest absolute Gasteiger partial charge is 0.469 e. The SMILES string of the molecule is CCCCCCCCCCCCCCCCCCC1=C(CCCC(=O)OC)C1. The first-order valence-corrected chi connectivity index (χ1v) is 12.5. The minimum Gasteiger partial charge on any atom is -0.469 e. The highest BCUT2D eigenvalue weighted by atomic mass is 16.5. The molecule has 1 rings (SSSR count). The van der Waals surface area contributed by atoms with E-state index < -0.39 is 0 Å². The van der Waals surface area contributed by atoms with Gasteiger partial charge in [-0.3, -0.25) is 4.79 Å². The molecule has 0 N–H and O–H groups in total. The number of esters is 1. The maximum absolute atomic E-state index is 11.1. The maximum Gasteiger partial charge on any atom is 0.305 e. The molecule has 0 aromatic heterocycles. The van der Waals surface area contributed by atoms with E-state index in [-0.39, 0.29) is 5.97 Å². The molecule has 0 unspecified atom stereocenters. The molecule has 0 spiro atoms. The second kappa shape index (κ2) is 18.3. The van der Waals surface area contributed by atoms with Crippen LogP contribution in [-0.4, -0.2) is 13.1 Å². The molecule has 0 amide bonds. The number of methoxy groups -OCH3 is 1. The van der Waals surface area contributed by atoms with E-state index in [0.717, 1.165) is 12.8 Å². The molecular weight excluding hydrogens is 344 g/mol. The smallest absolute Gasteiger partial charge is 0.305 e. The highest BCUT2D eigenvalue weighted by Gasteiger charge is 2.19. The van der Waals surface area contributed by atoms with Crippen molar-refractivity contribution in [1.29, 1.82) is 0 Å². The van der Waals surface area contributed by atoms with Crippen molar-refractivity contribution in [3.8, 4) is 0 Å². The van der Waals surface area contributed by atoms with E-state index >= 15 is 0 Å². The number of rotatable bonds is 21. The lowest BCUT2D eigenvalue weighted by molar-refractivity contribution is -0.140. The normalized spacial score (nSPS) is 13.2. The Labute approximate surface area is 175 Å². The van der Waals surface area contributed by atoms with Gasteiger partial charge < -0.3 is 4.74 Å². The van der Waals surface area contributed by atoms with Gasteiger partial charge in [-0.25, -0.2) is 0 Å². The second-order valence-corrected chi connectivity index (χ2v) is 8.87. The quantitative estimate of drug-likeness (QED) is 0.111. The van der Waals surface area contributed by atoms with Gasteiger partial charge in [-0.05, 0) is 32.1 Å². The lowest BCUT2D eigenvalue weighted by Crippen LogP contribution is -1.98. The molecule has 1 aliphatic carbocycles. The highest BCUT2D eigenvalue weighted by molar-refractivity contribution is 5.69. The summed E-state index contributed by atoms with van der Waals surface area (Å²) in [6.45, 7) is 2.29. The third kappa shape index (κ3) is 15.2. The summed E-state index contributed by atoms with van der Waals surface area (Å²) in [5, 5.41) is 0. The van der Waals surface area contributed by atoms with E-state index in [2.05, 4.69) is 11.7 Å². The summed E-state index contributed by atoms with van der Waals surface area (Å²) in [6, 6.07) is 0. The average molecular weight is 393 g/mol. The van der Waals surface area contributed by atoms with Crippen LogP contribution in [0, 0.1) is 0 Å². The molecule has 28 heavy (non-hydrogen) atoms.